The Morgan fingerprint density at radius 1 is 1.67 bits per heavy atom. The van der Waals surface area contributed by atoms with Crippen LogP contribution in [-0.2, 0) is 6.54 Å². The van der Waals surface area contributed by atoms with Gasteiger partial charge in [0, 0.05) is 0 Å². The lowest BCUT2D eigenvalue weighted by Gasteiger charge is -1.87. The summed E-state index contributed by atoms with van der Waals surface area (Å²) in [6.45, 7) is 0.493. The van der Waals surface area contributed by atoms with Crippen LogP contribution in [0.2, 0.25) is 0 Å². The Labute approximate surface area is 51.9 Å². The van der Waals surface area contributed by atoms with Gasteiger partial charge in [0.15, 0.2) is 0 Å². The molecule has 0 atom stereocenters. The number of hydrogen-bond donors (Lipinski definition) is 0. The van der Waals surface area contributed by atoms with E-state index in [1.807, 2.05) is 6.07 Å². The van der Waals surface area contributed by atoms with Crippen molar-refractivity contribution in [2.45, 2.75) is 13.0 Å². The first-order valence-electron chi connectivity index (χ1n) is 2.44. The van der Waals surface area contributed by atoms with Crippen LogP contribution in [0.4, 0.5) is 0 Å². The molecule has 1 aromatic heterocycles. The zero-order valence-electron chi connectivity index (χ0n) is 4.65. The highest BCUT2D eigenvalue weighted by molar-refractivity contribution is 4.66. The molecular formula is C4H4N5. The molecule has 0 saturated carbocycles. The zero-order chi connectivity index (χ0) is 6.53. The van der Waals surface area contributed by atoms with Crippen molar-refractivity contribution in [3.05, 3.63) is 6.33 Å². The van der Waals surface area contributed by atoms with Crippen LogP contribution in [0.5, 0.6) is 0 Å². The van der Waals surface area contributed by atoms with E-state index in [4.69, 9.17) is 5.26 Å². The van der Waals surface area contributed by atoms with E-state index < -0.39 is 0 Å². The van der Waals surface area contributed by atoms with Gasteiger partial charge in [-0.15, -0.1) is 10.2 Å². The van der Waals surface area contributed by atoms with Crippen LogP contribution in [-0.4, -0.2) is 20.2 Å². The Hall–Kier alpha value is -1.44. The van der Waals surface area contributed by atoms with Crippen molar-refractivity contribution in [2.75, 3.05) is 0 Å². The molecular weight excluding hydrogens is 118 g/mol. The first-order chi connectivity index (χ1) is 4.43. The van der Waals surface area contributed by atoms with Crippen molar-refractivity contribution in [2.24, 2.45) is 0 Å². The van der Waals surface area contributed by atoms with E-state index in [9.17, 15) is 0 Å². The maximum Gasteiger partial charge on any atom is 0.245 e. The lowest BCUT2D eigenvalue weighted by Crippen LogP contribution is -2.01. The molecule has 5 nitrogen and oxygen atoms in total. The fourth-order valence-electron chi connectivity index (χ4n) is 0.408. The quantitative estimate of drug-likeness (QED) is 0.524. The van der Waals surface area contributed by atoms with Gasteiger partial charge in [0.25, 0.3) is 0 Å². The fraction of sp³-hybridized carbons (Fsp3) is 0.500. The molecule has 5 heteroatoms. The van der Waals surface area contributed by atoms with E-state index in [0.29, 0.717) is 13.0 Å². The second kappa shape index (κ2) is 2.77. The summed E-state index contributed by atoms with van der Waals surface area (Å²) in [5.74, 6) is 0. The predicted octanol–water partition coefficient (Wildman–Crippen LogP) is -0.613. The van der Waals surface area contributed by atoms with Crippen LogP contribution < -0.4 is 0 Å². The second-order valence-electron chi connectivity index (χ2n) is 1.39. The van der Waals surface area contributed by atoms with Crippen LogP contribution in [0.15, 0.2) is 0 Å². The van der Waals surface area contributed by atoms with Crippen LogP contribution in [0.1, 0.15) is 6.42 Å². The van der Waals surface area contributed by atoms with Crippen molar-refractivity contribution in [1.82, 2.24) is 20.2 Å². The van der Waals surface area contributed by atoms with Crippen LogP contribution >= 0.6 is 0 Å². The Balaban J connectivity index is 2.41. The predicted molar refractivity (Wildman–Crippen MR) is 26.9 cm³/mol. The lowest BCUT2D eigenvalue weighted by molar-refractivity contribution is 0.530. The number of hydrogen-bond acceptors (Lipinski definition) is 4. The summed E-state index contributed by atoms with van der Waals surface area (Å²) >= 11 is 0. The number of aryl methyl sites for hydroxylation is 1. The Bertz CT molecular complexity index is 195. The third-order valence-corrected chi connectivity index (χ3v) is 0.776. The summed E-state index contributed by atoms with van der Waals surface area (Å²) in [7, 11) is 0. The molecule has 0 saturated heterocycles. The highest BCUT2D eigenvalue weighted by atomic mass is 15.6. The molecule has 0 fully saturated rings. The molecule has 0 spiro atoms. The molecule has 0 bridgehead atoms. The van der Waals surface area contributed by atoms with Gasteiger partial charge in [0.1, 0.15) is 0 Å². The minimum Gasteiger partial charge on any atom is -0.198 e. The van der Waals surface area contributed by atoms with Gasteiger partial charge in [0.2, 0.25) is 6.33 Å². The maximum absolute atomic E-state index is 8.12. The molecule has 0 aliphatic carbocycles. The number of tetrazole rings is 1. The summed E-state index contributed by atoms with van der Waals surface area (Å²) < 4.78 is 0. The van der Waals surface area contributed by atoms with Gasteiger partial charge in [0.05, 0.1) is 19.0 Å². The van der Waals surface area contributed by atoms with E-state index in [2.05, 4.69) is 21.7 Å². The first-order valence-corrected chi connectivity index (χ1v) is 2.44. The average Bonchev–Trinajstić information content (AvgIpc) is 2.34. The standard InChI is InChI=1S/C4H4N5/c5-2-1-3-9-7-4-6-8-9/h1,3H2. The van der Waals surface area contributed by atoms with Gasteiger partial charge in [-0.25, -0.2) is 0 Å². The summed E-state index contributed by atoms with van der Waals surface area (Å²) in [4.78, 5) is 1.32. The van der Waals surface area contributed by atoms with E-state index in [1.54, 1.807) is 0 Å². The van der Waals surface area contributed by atoms with Gasteiger partial charge in [-0.05, 0) is 5.21 Å². The second-order valence-corrected chi connectivity index (χ2v) is 1.39. The molecule has 1 heterocycles. The van der Waals surface area contributed by atoms with Crippen LogP contribution in [0.3, 0.4) is 0 Å². The minimum atomic E-state index is 0.407. The van der Waals surface area contributed by atoms with E-state index in [-0.39, 0.29) is 0 Å². The molecule has 45 valence electrons. The molecule has 0 aliphatic heterocycles. The summed E-state index contributed by atoms with van der Waals surface area (Å²) in [5.41, 5.74) is 0. The molecule has 9 heavy (non-hydrogen) atoms. The third kappa shape index (κ3) is 1.49. The molecule has 0 aliphatic rings. The summed E-state index contributed by atoms with van der Waals surface area (Å²) in [5, 5.41) is 18.5. The SMILES string of the molecule is N#CCCn1n[c]nn1. The minimum absolute atomic E-state index is 0.407. The van der Waals surface area contributed by atoms with Crippen molar-refractivity contribution >= 4 is 0 Å². The molecule has 0 unspecified atom stereocenters. The van der Waals surface area contributed by atoms with Crippen LogP contribution in [0, 0.1) is 17.7 Å². The molecule has 1 radical (unpaired) electrons. The van der Waals surface area contributed by atoms with E-state index in [1.165, 1.54) is 4.80 Å². The molecule has 1 rings (SSSR count). The molecule has 0 N–H and O–H groups in total. The summed E-state index contributed by atoms with van der Waals surface area (Å²) in [6.07, 6.45) is 2.69. The largest absolute Gasteiger partial charge is 0.245 e. The lowest BCUT2D eigenvalue weighted by atomic mass is 10.5. The van der Waals surface area contributed by atoms with Crippen molar-refractivity contribution < 1.29 is 0 Å². The van der Waals surface area contributed by atoms with Gasteiger partial charge >= 0.3 is 0 Å². The molecule has 0 amide bonds. The van der Waals surface area contributed by atoms with Crippen molar-refractivity contribution in [3.8, 4) is 6.07 Å². The Morgan fingerprint density at radius 2 is 2.56 bits per heavy atom. The zero-order valence-corrected chi connectivity index (χ0v) is 4.65. The topological polar surface area (TPSA) is 67.4 Å². The molecule has 0 aromatic carbocycles. The Kier molecular flexibility index (Phi) is 1.75. The normalized spacial score (nSPS) is 8.78. The highest BCUT2D eigenvalue weighted by Gasteiger charge is 1.89. The number of rotatable bonds is 2. The highest BCUT2D eigenvalue weighted by Crippen LogP contribution is 1.78. The van der Waals surface area contributed by atoms with Crippen LogP contribution in [0.25, 0.3) is 0 Å². The fourth-order valence-corrected chi connectivity index (χ4v) is 0.408. The van der Waals surface area contributed by atoms with Gasteiger partial charge in [-0.2, -0.15) is 10.1 Å². The number of nitriles is 1. The van der Waals surface area contributed by atoms with Gasteiger partial charge < -0.3 is 0 Å². The van der Waals surface area contributed by atoms with Crippen molar-refractivity contribution in [3.63, 3.8) is 0 Å². The third-order valence-electron chi connectivity index (χ3n) is 0.776. The van der Waals surface area contributed by atoms with E-state index in [0.717, 1.165) is 0 Å². The van der Waals surface area contributed by atoms with E-state index >= 15 is 0 Å². The number of nitrogens with zero attached hydrogens (tertiary/aromatic N) is 5. The first kappa shape index (κ1) is 5.69. The number of aromatic nitrogens is 4. The maximum atomic E-state index is 8.12. The Morgan fingerprint density at radius 3 is 3.11 bits per heavy atom. The van der Waals surface area contributed by atoms with Crippen molar-refractivity contribution in [1.29, 1.82) is 5.26 Å². The smallest absolute Gasteiger partial charge is 0.198 e. The van der Waals surface area contributed by atoms with Gasteiger partial charge in [-0.3, -0.25) is 0 Å². The van der Waals surface area contributed by atoms with Gasteiger partial charge in [-0.1, -0.05) is 0 Å². The summed E-state index contributed by atoms with van der Waals surface area (Å²) in [6, 6.07) is 1.96. The monoisotopic (exact) mass is 122 g/mol. The average molecular weight is 122 g/mol. The molecule has 1 aromatic rings.